The van der Waals surface area contributed by atoms with Crippen molar-refractivity contribution in [1.82, 2.24) is 29.9 Å². The lowest BCUT2D eigenvalue weighted by Crippen LogP contribution is -2.35. The molecule has 1 fully saturated rings. The molecule has 2 unspecified atom stereocenters. The summed E-state index contributed by atoms with van der Waals surface area (Å²) in [7, 11) is 3.97. The fourth-order valence-electron chi connectivity index (χ4n) is 4.05. The third-order valence-electron chi connectivity index (χ3n) is 5.40. The zero-order chi connectivity index (χ0) is 19.0. The van der Waals surface area contributed by atoms with Crippen molar-refractivity contribution in [2.45, 2.75) is 19.5 Å². The van der Waals surface area contributed by atoms with Gasteiger partial charge in [0.1, 0.15) is 5.82 Å². The van der Waals surface area contributed by atoms with Gasteiger partial charge in [-0.15, -0.1) is 21.5 Å². The molecule has 2 aromatic heterocycles. The number of nitrogens with one attached hydrogen (secondary N) is 1. The summed E-state index contributed by atoms with van der Waals surface area (Å²) in [4.78, 5) is 18.3. The van der Waals surface area contributed by atoms with E-state index in [1.54, 1.807) is 11.3 Å². The summed E-state index contributed by atoms with van der Waals surface area (Å²) in [6, 6.07) is 4.08. The normalized spacial score (nSPS) is 22.1. The SMILES string of the molecule is CN(C)CCNC(=O)c1nnc2n1CC1CN(Cc3ccc(Cl)s3)CC1C2. The number of aromatic nitrogens is 3. The zero-order valence-corrected chi connectivity index (χ0v) is 17.3. The van der Waals surface area contributed by atoms with Crippen molar-refractivity contribution in [3.63, 3.8) is 0 Å². The summed E-state index contributed by atoms with van der Waals surface area (Å²) < 4.78 is 2.87. The second-order valence-electron chi connectivity index (χ2n) is 7.73. The Morgan fingerprint density at radius 3 is 2.85 bits per heavy atom. The maximum Gasteiger partial charge on any atom is 0.289 e. The van der Waals surface area contributed by atoms with Gasteiger partial charge in [0.2, 0.25) is 5.82 Å². The van der Waals surface area contributed by atoms with E-state index in [0.29, 0.717) is 24.2 Å². The average Bonchev–Trinajstić information content (AvgIpc) is 3.30. The molecule has 2 aromatic rings. The van der Waals surface area contributed by atoms with E-state index in [-0.39, 0.29) is 5.91 Å². The number of hydrogen-bond donors (Lipinski definition) is 1. The first kappa shape index (κ1) is 18.9. The molecule has 0 radical (unpaired) electrons. The van der Waals surface area contributed by atoms with Crippen molar-refractivity contribution in [3.8, 4) is 0 Å². The van der Waals surface area contributed by atoms with Gasteiger partial charge in [0, 0.05) is 50.6 Å². The number of nitrogens with zero attached hydrogens (tertiary/aromatic N) is 5. The topological polar surface area (TPSA) is 66.3 Å². The third kappa shape index (κ3) is 4.18. The van der Waals surface area contributed by atoms with Gasteiger partial charge in [0.05, 0.1) is 4.34 Å². The molecule has 9 heteroatoms. The molecule has 1 saturated heterocycles. The highest BCUT2D eigenvalue weighted by molar-refractivity contribution is 7.16. The molecule has 146 valence electrons. The van der Waals surface area contributed by atoms with Gasteiger partial charge in [-0.2, -0.15) is 0 Å². The smallest absolute Gasteiger partial charge is 0.289 e. The summed E-state index contributed by atoms with van der Waals surface area (Å²) in [6.07, 6.45) is 0.893. The van der Waals surface area contributed by atoms with Gasteiger partial charge in [-0.05, 0) is 38.1 Å². The molecule has 7 nitrogen and oxygen atoms in total. The van der Waals surface area contributed by atoms with Crippen LogP contribution in [0.3, 0.4) is 0 Å². The Kier molecular flexibility index (Phi) is 5.50. The van der Waals surface area contributed by atoms with Crippen molar-refractivity contribution < 1.29 is 4.79 Å². The summed E-state index contributed by atoms with van der Waals surface area (Å²) in [5.41, 5.74) is 0. The van der Waals surface area contributed by atoms with Crippen LogP contribution in [0.2, 0.25) is 4.34 Å². The summed E-state index contributed by atoms with van der Waals surface area (Å²) in [5, 5.41) is 11.4. The van der Waals surface area contributed by atoms with E-state index in [9.17, 15) is 4.79 Å². The predicted octanol–water partition coefficient (Wildman–Crippen LogP) is 1.59. The quantitative estimate of drug-likeness (QED) is 0.786. The highest BCUT2D eigenvalue weighted by Crippen LogP contribution is 2.34. The van der Waals surface area contributed by atoms with Crippen LogP contribution >= 0.6 is 22.9 Å². The van der Waals surface area contributed by atoms with E-state index in [0.717, 1.165) is 49.3 Å². The highest BCUT2D eigenvalue weighted by atomic mass is 35.5. The molecule has 0 aromatic carbocycles. The largest absolute Gasteiger partial charge is 0.348 e. The minimum atomic E-state index is -0.128. The van der Waals surface area contributed by atoms with Gasteiger partial charge >= 0.3 is 0 Å². The minimum absolute atomic E-state index is 0.128. The predicted molar refractivity (Wildman–Crippen MR) is 106 cm³/mol. The molecule has 0 aliphatic carbocycles. The van der Waals surface area contributed by atoms with Crippen molar-refractivity contribution in [2.24, 2.45) is 11.8 Å². The number of amides is 1. The van der Waals surface area contributed by atoms with E-state index in [2.05, 4.69) is 26.5 Å². The first-order chi connectivity index (χ1) is 13.0. The van der Waals surface area contributed by atoms with E-state index in [4.69, 9.17) is 11.6 Å². The second kappa shape index (κ2) is 7.87. The van der Waals surface area contributed by atoms with Crippen LogP contribution in [0, 0.1) is 11.8 Å². The Morgan fingerprint density at radius 2 is 2.11 bits per heavy atom. The average molecular weight is 409 g/mol. The number of fused-ring (bicyclic) bond motifs is 2. The van der Waals surface area contributed by atoms with Crippen LogP contribution in [0.4, 0.5) is 0 Å². The first-order valence-electron chi connectivity index (χ1n) is 9.31. The Labute approximate surface area is 168 Å². The van der Waals surface area contributed by atoms with Gasteiger partial charge in [-0.1, -0.05) is 11.6 Å². The number of likely N-dealkylation sites (N-methyl/N-ethyl adjacent to an activating group) is 1. The molecule has 1 N–H and O–H groups in total. The van der Waals surface area contributed by atoms with E-state index >= 15 is 0 Å². The van der Waals surface area contributed by atoms with Crippen molar-refractivity contribution in [1.29, 1.82) is 0 Å². The van der Waals surface area contributed by atoms with Crippen LogP contribution in [0.15, 0.2) is 12.1 Å². The monoisotopic (exact) mass is 408 g/mol. The van der Waals surface area contributed by atoms with Gasteiger partial charge in [-0.25, -0.2) is 0 Å². The molecular weight excluding hydrogens is 384 g/mol. The van der Waals surface area contributed by atoms with Gasteiger partial charge in [0.25, 0.3) is 5.91 Å². The fraction of sp³-hybridized carbons (Fsp3) is 0.611. The molecule has 27 heavy (non-hydrogen) atoms. The lowest BCUT2D eigenvalue weighted by atomic mass is 9.89. The molecular formula is C18H25ClN6OS. The molecule has 2 aliphatic rings. The molecule has 2 atom stereocenters. The van der Waals surface area contributed by atoms with Gasteiger partial charge in [0.15, 0.2) is 0 Å². The van der Waals surface area contributed by atoms with Crippen molar-refractivity contribution in [3.05, 3.63) is 33.0 Å². The Bertz CT molecular complexity index is 819. The van der Waals surface area contributed by atoms with Crippen molar-refractivity contribution in [2.75, 3.05) is 40.3 Å². The number of rotatable bonds is 6. The zero-order valence-electron chi connectivity index (χ0n) is 15.7. The lowest BCUT2D eigenvalue weighted by molar-refractivity contribution is 0.0932. The van der Waals surface area contributed by atoms with Crippen LogP contribution in [0.5, 0.6) is 0 Å². The first-order valence-corrected chi connectivity index (χ1v) is 10.5. The molecule has 0 bridgehead atoms. The Morgan fingerprint density at radius 1 is 1.30 bits per heavy atom. The Balaban J connectivity index is 1.39. The van der Waals surface area contributed by atoms with Gasteiger partial charge in [-0.3, -0.25) is 9.69 Å². The number of carbonyl (C=O) groups is 1. The third-order valence-corrected chi connectivity index (χ3v) is 6.61. The number of carbonyl (C=O) groups excluding carboxylic acids is 1. The summed E-state index contributed by atoms with van der Waals surface area (Å²) in [5.74, 6) is 2.39. The molecule has 4 heterocycles. The van der Waals surface area contributed by atoms with Crippen LogP contribution in [0.25, 0.3) is 0 Å². The van der Waals surface area contributed by atoms with Crippen LogP contribution in [0.1, 0.15) is 21.3 Å². The van der Waals surface area contributed by atoms with Gasteiger partial charge < -0.3 is 14.8 Å². The highest BCUT2D eigenvalue weighted by Gasteiger charge is 2.39. The molecule has 1 amide bonds. The van der Waals surface area contributed by atoms with E-state index in [1.807, 2.05) is 29.6 Å². The number of hydrogen-bond acceptors (Lipinski definition) is 6. The molecule has 0 saturated carbocycles. The summed E-state index contributed by atoms with van der Waals surface area (Å²) >= 11 is 7.71. The molecule has 4 rings (SSSR count). The standard InChI is InChI=1S/C18H25ClN6OS/c1-23(2)6-5-20-18(26)17-22-21-16-7-12-8-24(9-13(12)10-25(16)17)11-14-3-4-15(19)27-14/h3-4,12-13H,5-11H2,1-2H3,(H,20,26). The van der Waals surface area contributed by atoms with Crippen LogP contribution in [-0.4, -0.2) is 70.7 Å². The molecule has 2 aliphatic heterocycles. The number of thiophene rings is 1. The maximum atomic E-state index is 12.5. The minimum Gasteiger partial charge on any atom is -0.348 e. The summed E-state index contributed by atoms with van der Waals surface area (Å²) in [6.45, 7) is 5.29. The number of likely N-dealkylation sites (tertiary alicyclic amines) is 1. The number of halogens is 1. The van der Waals surface area contributed by atoms with E-state index in [1.165, 1.54) is 4.88 Å². The van der Waals surface area contributed by atoms with Crippen LogP contribution < -0.4 is 5.32 Å². The van der Waals surface area contributed by atoms with Crippen LogP contribution in [-0.2, 0) is 19.5 Å². The maximum absolute atomic E-state index is 12.5. The van der Waals surface area contributed by atoms with E-state index < -0.39 is 0 Å². The second-order valence-corrected chi connectivity index (χ2v) is 9.53. The Hall–Kier alpha value is -1.48. The molecule has 0 spiro atoms. The lowest BCUT2D eigenvalue weighted by Gasteiger charge is -2.25. The fourth-order valence-corrected chi connectivity index (χ4v) is 5.18. The van der Waals surface area contributed by atoms with Crippen molar-refractivity contribution >= 4 is 28.8 Å².